The van der Waals surface area contributed by atoms with Crippen LogP contribution in [0.3, 0.4) is 0 Å². The van der Waals surface area contributed by atoms with Crippen LogP contribution >= 0.6 is 11.6 Å². The van der Waals surface area contributed by atoms with Gasteiger partial charge in [0, 0.05) is 62.0 Å². The summed E-state index contributed by atoms with van der Waals surface area (Å²) in [5.41, 5.74) is -1.60. The van der Waals surface area contributed by atoms with Gasteiger partial charge in [0.1, 0.15) is 23.0 Å². The zero-order chi connectivity index (χ0) is 44.3. The van der Waals surface area contributed by atoms with Crippen molar-refractivity contribution in [3.8, 4) is 23.6 Å². The maximum absolute atomic E-state index is 14.8. The predicted molar refractivity (Wildman–Crippen MR) is 222 cm³/mol. The number of Topliss-reactive ketones (excluding diaryl/α,β-unsaturated/α-hetero) is 2. The Morgan fingerprint density at radius 2 is 1.75 bits per heavy atom. The molecule has 3 aliphatic rings. The minimum Gasteiger partial charge on any atom is -0.456 e. The van der Waals surface area contributed by atoms with Gasteiger partial charge in [-0.15, -0.1) is 6.42 Å². The maximum atomic E-state index is 14.8. The number of aromatic nitrogens is 3. The molecule has 0 bridgehead atoms. The third kappa shape index (κ3) is 9.59. The normalized spacial score (nSPS) is 35.7. The van der Waals surface area contributed by atoms with E-state index in [0.717, 1.165) is 11.3 Å². The van der Waals surface area contributed by atoms with E-state index in [-0.39, 0.29) is 37.3 Å². The number of ether oxygens (including phenoxy) is 5. The minimum atomic E-state index is -1.84. The van der Waals surface area contributed by atoms with Crippen molar-refractivity contribution in [1.82, 2.24) is 24.3 Å². The van der Waals surface area contributed by atoms with Crippen molar-refractivity contribution in [3.05, 3.63) is 36.0 Å². The van der Waals surface area contributed by atoms with Gasteiger partial charge in [-0.1, -0.05) is 45.2 Å². The number of likely N-dealkylation sites (N-methyl/N-ethyl adjacent to an activating group) is 1. The van der Waals surface area contributed by atoms with E-state index in [4.69, 9.17) is 41.7 Å². The number of terminal acetylenes is 1. The van der Waals surface area contributed by atoms with Crippen LogP contribution in [0, 0.1) is 36.0 Å². The third-order valence-corrected chi connectivity index (χ3v) is 13.0. The van der Waals surface area contributed by atoms with Crippen LogP contribution in [0.1, 0.15) is 80.6 Å². The first kappa shape index (κ1) is 47.1. The highest BCUT2D eigenvalue weighted by Crippen LogP contribution is 2.43. The number of carbonyl (C=O) groups excluding carboxylic acids is 4. The zero-order valence-corrected chi connectivity index (χ0v) is 37.3. The van der Waals surface area contributed by atoms with E-state index in [1.165, 1.54) is 18.9 Å². The molecular formula is C44H62ClN5O10. The molecule has 0 aromatic carbocycles. The summed E-state index contributed by atoms with van der Waals surface area (Å²) in [4.78, 5) is 69.1. The Labute approximate surface area is 358 Å². The van der Waals surface area contributed by atoms with E-state index in [1.54, 1.807) is 53.2 Å². The van der Waals surface area contributed by atoms with Gasteiger partial charge in [-0.05, 0) is 79.1 Å². The van der Waals surface area contributed by atoms with Crippen LogP contribution in [0.4, 0.5) is 4.79 Å². The van der Waals surface area contributed by atoms with Crippen molar-refractivity contribution in [2.24, 2.45) is 23.7 Å². The first-order valence-electron chi connectivity index (χ1n) is 20.9. The fourth-order valence-corrected chi connectivity index (χ4v) is 9.39. The molecule has 1 N–H and O–H groups in total. The number of halogens is 1. The van der Waals surface area contributed by atoms with Crippen molar-refractivity contribution < 1.29 is 48.0 Å². The molecule has 2 aromatic rings. The summed E-state index contributed by atoms with van der Waals surface area (Å²) in [7, 11) is 5.19. The number of aliphatic hydroxyl groups excluding tert-OH is 1. The van der Waals surface area contributed by atoms with Crippen molar-refractivity contribution in [2.45, 2.75) is 141 Å². The van der Waals surface area contributed by atoms with Gasteiger partial charge in [0.25, 0.3) is 0 Å². The predicted octanol–water partition coefficient (Wildman–Crippen LogP) is 5.20. The van der Waals surface area contributed by atoms with E-state index in [1.807, 2.05) is 42.7 Å². The summed E-state index contributed by atoms with van der Waals surface area (Å²) in [6.07, 6.45) is 7.95. The third-order valence-electron chi connectivity index (χ3n) is 12.7. The molecule has 5 heterocycles. The number of hydrogen-bond acceptors (Lipinski definition) is 13. The number of rotatable bonds is 11. The summed E-state index contributed by atoms with van der Waals surface area (Å²) in [5, 5.41) is 11.8. The highest BCUT2D eigenvalue weighted by molar-refractivity contribution is 6.29. The van der Waals surface area contributed by atoms with E-state index >= 15 is 0 Å². The number of aliphatic hydroxyl groups is 1. The lowest BCUT2D eigenvalue weighted by atomic mass is 9.73. The van der Waals surface area contributed by atoms with Gasteiger partial charge in [0.2, 0.25) is 5.60 Å². The number of aryl methyl sites for hydroxylation is 1. The second kappa shape index (κ2) is 19.4. The maximum Gasteiger partial charge on any atom is 0.411 e. The van der Waals surface area contributed by atoms with Crippen LogP contribution in [0.25, 0.3) is 11.3 Å². The Morgan fingerprint density at radius 1 is 1.05 bits per heavy atom. The molecule has 0 saturated carbocycles. The highest BCUT2D eigenvalue weighted by atomic mass is 35.5. The van der Waals surface area contributed by atoms with Crippen LogP contribution in [-0.4, -0.2) is 135 Å². The van der Waals surface area contributed by atoms with Crippen molar-refractivity contribution in [1.29, 1.82) is 0 Å². The van der Waals surface area contributed by atoms with Crippen LogP contribution in [0.2, 0.25) is 5.15 Å². The fourth-order valence-electron chi connectivity index (χ4n) is 9.27. The van der Waals surface area contributed by atoms with Gasteiger partial charge in [-0.2, -0.15) is 0 Å². The second-order valence-electron chi connectivity index (χ2n) is 17.2. The Bertz CT molecular complexity index is 1890. The average molecular weight is 856 g/mol. The van der Waals surface area contributed by atoms with Crippen LogP contribution in [0.5, 0.6) is 0 Å². The number of esters is 1. The molecule has 2 aromatic heterocycles. The summed E-state index contributed by atoms with van der Waals surface area (Å²) < 4.78 is 33.0. The SMILES string of the molecule is C#C[C@]12OC(=O)N(CCCCn3cnc(-c4ccc(Cl)nc4)c3)[C@H]1[C@H](C)C(=O)[C@H](C)C[C@](C)(OC)[C@H](OC1O[C@H](C)C[C@H](N(C)C)[C@H]1O)[C@@H](C)C(=O)[C@@H](C)C(=O)O[C@H]2CC. The Kier molecular flexibility index (Phi) is 15.3. The number of unbranched alkanes of at least 4 members (excludes halogenated alkanes) is 1. The molecule has 3 saturated heterocycles. The summed E-state index contributed by atoms with van der Waals surface area (Å²) in [6.45, 7) is 12.7. The van der Waals surface area contributed by atoms with Gasteiger partial charge in [-0.3, -0.25) is 19.3 Å². The lowest BCUT2D eigenvalue weighted by molar-refractivity contribution is -0.295. The average Bonchev–Trinajstić information content (AvgIpc) is 3.81. The standard InChI is InChI=1S/C44H62ClN5O10/c1-12-33-44(13-2)38(50(42(55)60-44)19-15-14-18-49-23-31(47-24-49)30-16-17-34(45)46-22-30)27(5)35(51)25(3)21-43(8,56-11)39(28(6)36(52)29(7)40(54)58-33)59-41-37(53)32(48(9)10)20-26(4)57-41/h2,16-17,22-29,32-33,37-39,41,53H,12,14-15,18-21H2,1,3-11H3/t25-,26-,27-,28+,29-,32+,33+,37-,38+,39-,41?,43+,44-/m1/s1. The molecule has 3 fully saturated rings. The number of imidazole rings is 1. The number of cyclic esters (lactones) is 1. The van der Waals surface area contributed by atoms with Crippen molar-refractivity contribution in [2.75, 3.05) is 27.7 Å². The zero-order valence-electron chi connectivity index (χ0n) is 36.5. The van der Waals surface area contributed by atoms with Crippen LogP contribution < -0.4 is 0 Å². The Morgan fingerprint density at radius 3 is 2.37 bits per heavy atom. The number of nitrogens with zero attached hydrogens (tertiary/aromatic N) is 5. The molecule has 15 nitrogen and oxygen atoms in total. The smallest absolute Gasteiger partial charge is 0.411 e. The largest absolute Gasteiger partial charge is 0.456 e. The summed E-state index contributed by atoms with van der Waals surface area (Å²) >= 11 is 5.95. The highest BCUT2D eigenvalue weighted by Gasteiger charge is 2.62. The van der Waals surface area contributed by atoms with E-state index < -0.39 is 83.4 Å². The number of ketones is 2. The molecule has 330 valence electrons. The lowest BCUT2D eigenvalue weighted by Crippen LogP contribution is -2.60. The number of carbonyl (C=O) groups is 4. The van der Waals surface area contributed by atoms with Gasteiger partial charge >= 0.3 is 12.1 Å². The molecular weight excluding hydrogens is 794 g/mol. The van der Waals surface area contributed by atoms with E-state index in [2.05, 4.69) is 15.9 Å². The van der Waals surface area contributed by atoms with Crippen LogP contribution in [-0.2, 0) is 44.6 Å². The quantitative estimate of drug-likeness (QED) is 0.103. The molecule has 3 aliphatic heterocycles. The number of amides is 1. The fraction of sp³-hybridized carbons (Fsp3) is 0.682. The molecule has 5 rings (SSSR count). The molecule has 60 heavy (non-hydrogen) atoms. The number of pyridine rings is 1. The first-order valence-corrected chi connectivity index (χ1v) is 21.3. The van der Waals surface area contributed by atoms with Gasteiger partial charge in [-0.25, -0.2) is 14.8 Å². The van der Waals surface area contributed by atoms with Crippen LogP contribution in [0.15, 0.2) is 30.9 Å². The molecule has 1 unspecified atom stereocenters. The molecule has 1 amide bonds. The molecule has 0 aliphatic carbocycles. The monoisotopic (exact) mass is 855 g/mol. The molecule has 0 spiro atoms. The molecule has 0 radical (unpaired) electrons. The Balaban J connectivity index is 1.45. The van der Waals surface area contributed by atoms with E-state index in [0.29, 0.717) is 31.0 Å². The number of hydrogen-bond donors (Lipinski definition) is 1. The molecule has 13 atom stereocenters. The van der Waals surface area contributed by atoms with Gasteiger partial charge in [0.05, 0.1) is 35.9 Å². The summed E-state index contributed by atoms with van der Waals surface area (Å²) in [5.74, 6) is -2.86. The first-order chi connectivity index (χ1) is 28.3. The minimum absolute atomic E-state index is 0.0734. The number of fused-ring (bicyclic) bond motifs is 1. The van der Waals surface area contributed by atoms with E-state index in [9.17, 15) is 24.3 Å². The molecule has 16 heteroatoms. The van der Waals surface area contributed by atoms with Crippen molar-refractivity contribution >= 4 is 35.2 Å². The van der Waals surface area contributed by atoms with Gasteiger partial charge in [0.15, 0.2) is 18.2 Å². The van der Waals surface area contributed by atoms with Gasteiger partial charge < -0.3 is 38.3 Å². The number of methoxy groups -OCH3 is 1. The lowest BCUT2D eigenvalue weighted by Gasteiger charge is -2.47. The Hall–Kier alpha value is -3.91. The summed E-state index contributed by atoms with van der Waals surface area (Å²) in [6, 6.07) is 2.22. The second-order valence-corrected chi connectivity index (χ2v) is 17.6. The topological polar surface area (TPSA) is 172 Å². The van der Waals surface area contributed by atoms with Crippen molar-refractivity contribution in [3.63, 3.8) is 0 Å².